The highest BCUT2D eigenvalue weighted by molar-refractivity contribution is 7.99. The smallest absolute Gasteiger partial charge is 0.337 e. The molecule has 2 rings (SSSR count). The Labute approximate surface area is 93.2 Å². The van der Waals surface area contributed by atoms with Crippen LogP contribution in [0, 0.1) is 0 Å². The number of thioether (sulfide) groups is 1. The van der Waals surface area contributed by atoms with Gasteiger partial charge in [0.05, 0.1) is 12.7 Å². The molecule has 15 heavy (non-hydrogen) atoms. The van der Waals surface area contributed by atoms with E-state index >= 15 is 0 Å². The summed E-state index contributed by atoms with van der Waals surface area (Å²) in [7, 11) is 1.40. The highest BCUT2D eigenvalue weighted by Gasteiger charge is 2.16. The van der Waals surface area contributed by atoms with Crippen LogP contribution in [-0.4, -0.2) is 24.9 Å². The summed E-state index contributed by atoms with van der Waals surface area (Å²) >= 11 is 1.81. The van der Waals surface area contributed by atoms with Crippen molar-refractivity contribution in [2.75, 3.05) is 18.2 Å². The number of esters is 1. The minimum atomic E-state index is -0.289. The van der Waals surface area contributed by atoms with Crippen LogP contribution in [0.5, 0.6) is 0 Å². The summed E-state index contributed by atoms with van der Waals surface area (Å²) in [5, 5.41) is 3.35. The Morgan fingerprint density at radius 3 is 3.13 bits per heavy atom. The van der Waals surface area contributed by atoms with Gasteiger partial charge in [0.2, 0.25) is 0 Å². The summed E-state index contributed by atoms with van der Waals surface area (Å²) in [6.07, 6.45) is 0. The zero-order chi connectivity index (χ0) is 10.8. The molecule has 1 unspecified atom stereocenters. The number of carbonyl (C=O) groups is 1. The van der Waals surface area contributed by atoms with Crippen molar-refractivity contribution in [1.29, 1.82) is 0 Å². The predicted octanol–water partition coefficient (Wildman–Crippen LogP) is 2.38. The van der Waals surface area contributed by atoms with Gasteiger partial charge in [0.1, 0.15) is 0 Å². The lowest BCUT2D eigenvalue weighted by Gasteiger charge is -2.23. The standard InChI is InChI=1S/C11H13NO2S/c1-7-6-15-10-4-3-8(11(13)14-2)5-9(10)12-7/h3-5,7,12H,6H2,1-2H3. The lowest BCUT2D eigenvalue weighted by Crippen LogP contribution is -2.22. The van der Waals surface area contributed by atoms with E-state index in [0.717, 1.165) is 11.4 Å². The van der Waals surface area contributed by atoms with Crippen LogP contribution >= 0.6 is 11.8 Å². The second kappa shape index (κ2) is 4.14. The number of ether oxygens (including phenoxy) is 1. The summed E-state index contributed by atoms with van der Waals surface area (Å²) in [5.74, 6) is 0.771. The maximum Gasteiger partial charge on any atom is 0.337 e. The van der Waals surface area contributed by atoms with Crippen LogP contribution < -0.4 is 5.32 Å². The molecule has 1 aliphatic rings. The Balaban J connectivity index is 2.32. The van der Waals surface area contributed by atoms with Crippen LogP contribution in [0.2, 0.25) is 0 Å². The highest BCUT2D eigenvalue weighted by atomic mass is 32.2. The largest absolute Gasteiger partial charge is 0.465 e. The van der Waals surface area contributed by atoms with E-state index in [1.807, 2.05) is 23.9 Å². The normalized spacial score (nSPS) is 18.9. The van der Waals surface area contributed by atoms with Crippen molar-refractivity contribution in [2.24, 2.45) is 0 Å². The molecule has 1 atom stereocenters. The van der Waals surface area contributed by atoms with Gasteiger partial charge >= 0.3 is 5.97 Å². The Bertz CT molecular complexity index is 392. The third-order valence-corrected chi connectivity index (χ3v) is 3.63. The van der Waals surface area contributed by atoms with Gasteiger partial charge in [0.15, 0.2) is 0 Å². The third-order valence-electron chi connectivity index (χ3n) is 2.29. The van der Waals surface area contributed by atoms with Crippen molar-refractivity contribution >= 4 is 23.4 Å². The van der Waals surface area contributed by atoms with Crippen molar-refractivity contribution in [2.45, 2.75) is 17.9 Å². The maximum atomic E-state index is 11.3. The second-order valence-electron chi connectivity index (χ2n) is 3.56. The summed E-state index contributed by atoms with van der Waals surface area (Å²) in [5.41, 5.74) is 1.63. The molecule has 0 aliphatic carbocycles. The Morgan fingerprint density at radius 2 is 2.40 bits per heavy atom. The van der Waals surface area contributed by atoms with Gasteiger partial charge in [0, 0.05) is 22.4 Å². The summed E-state index contributed by atoms with van der Waals surface area (Å²) in [6, 6.07) is 6.06. The van der Waals surface area contributed by atoms with E-state index in [1.165, 1.54) is 12.0 Å². The number of hydrogen-bond acceptors (Lipinski definition) is 4. The molecule has 0 amide bonds. The Kier molecular flexibility index (Phi) is 2.86. The molecular formula is C11H13NO2S. The van der Waals surface area contributed by atoms with Gasteiger partial charge in [-0.3, -0.25) is 0 Å². The van der Waals surface area contributed by atoms with Crippen LogP contribution in [-0.2, 0) is 4.74 Å². The lowest BCUT2D eigenvalue weighted by molar-refractivity contribution is 0.0600. The van der Waals surface area contributed by atoms with E-state index in [1.54, 1.807) is 6.07 Å². The number of rotatable bonds is 1. The molecule has 0 radical (unpaired) electrons. The predicted molar refractivity (Wildman–Crippen MR) is 61.6 cm³/mol. The van der Waals surface area contributed by atoms with E-state index in [0.29, 0.717) is 11.6 Å². The van der Waals surface area contributed by atoms with Crippen molar-refractivity contribution in [3.63, 3.8) is 0 Å². The number of nitrogens with one attached hydrogen (secondary N) is 1. The second-order valence-corrected chi connectivity index (χ2v) is 4.62. The molecule has 0 spiro atoms. The van der Waals surface area contributed by atoms with Gasteiger partial charge in [-0.15, -0.1) is 11.8 Å². The Morgan fingerprint density at radius 1 is 1.60 bits per heavy atom. The van der Waals surface area contributed by atoms with E-state index in [-0.39, 0.29) is 5.97 Å². The van der Waals surface area contributed by atoms with Gasteiger partial charge in [-0.05, 0) is 25.1 Å². The zero-order valence-corrected chi connectivity index (χ0v) is 9.56. The quantitative estimate of drug-likeness (QED) is 0.742. The molecule has 1 aromatic carbocycles. The maximum absolute atomic E-state index is 11.3. The Hall–Kier alpha value is -1.16. The van der Waals surface area contributed by atoms with Crippen molar-refractivity contribution < 1.29 is 9.53 Å². The number of anilines is 1. The summed E-state index contributed by atoms with van der Waals surface area (Å²) in [6.45, 7) is 2.13. The average molecular weight is 223 g/mol. The molecule has 1 aromatic rings. The van der Waals surface area contributed by atoms with Gasteiger partial charge < -0.3 is 10.1 Å². The fourth-order valence-electron chi connectivity index (χ4n) is 1.54. The zero-order valence-electron chi connectivity index (χ0n) is 8.74. The van der Waals surface area contributed by atoms with Crippen LogP contribution in [0.25, 0.3) is 0 Å². The monoisotopic (exact) mass is 223 g/mol. The molecule has 0 saturated carbocycles. The third kappa shape index (κ3) is 2.09. The topological polar surface area (TPSA) is 38.3 Å². The average Bonchev–Trinajstić information content (AvgIpc) is 2.27. The molecule has 0 saturated heterocycles. The fourth-order valence-corrected chi connectivity index (χ4v) is 2.49. The van der Waals surface area contributed by atoms with E-state index < -0.39 is 0 Å². The summed E-state index contributed by atoms with van der Waals surface area (Å²) in [4.78, 5) is 12.5. The number of carbonyl (C=O) groups excluding carboxylic acids is 1. The van der Waals surface area contributed by atoms with E-state index in [4.69, 9.17) is 0 Å². The molecule has 4 heteroatoms. The summed E-state index contributed by atoms with van der Waals surface area (Å²) < 4.78 is 4.68. The van der Waals surface area contributed by atoms with Crippen molar-refractivity contribution in [3.05, 3.63) is 23.8 Å². The first-order valence-corrected chi connectivity index (χ1v) is 5.81. The number of fused-ring (bicyclic) bond motifs is 1. The van der Waals surface area contributed by atoms with Crippen LogP contribution in [0.4, 0.5) is 5.69 Å². The SMILES string of the molecule is COC(=O)c1ccc2c(c1)NC(C)CS2. The minimum absolute atomic E-state index is 0.289. The highest BCUT2D eigenvalue weighted by Crippen LogP contribution is 2.33. The molecule has 0 fully saturated rings. The van der Waals surface area contributed by atoms with Crippen LogP contribution in [0.3, 0.4) is 0 Å². The number of benzene rings is 1. The molecule has 1 N–H and O–H groups in total. The van der Waals surface area contributed by atoms with Crippen molar-refractivity contribution in [3.8, 4) is 0 Å². The van der Waals surface area contributed by atoms with Gasteiger partial charge in [0.25, 0.3) is 0 Å². The molecule has 80 valence electrons. The fraction of sp³-hybridized carbons (Fsp3) is 0.364. The minimum Gasteiger partial charge on any atom is -0.465 e. The van der Waals surface area contributed by atoms with E-state index in [2.05, 4.69) is 17.0 Å². The first kappa shape index (κ1) is 10.4. The van der Waals surface area contributed by atoms with Gasteiger partial charge in [-0.1, -0.05) is 0 Å². The molecule has 3 nitrogen and oxygen atoms in total. The molecule has 0 aromatic heterocycles. The number of methoxy groups -OCH3 is 1. The van der Waals surface area contributed by atoms with Crippen LogP contribution in [0.1, 0.15) is 17.3 Å². The van der Waals surface area contributed by atoms with Gasteiger partial charge in [-0.2, -0.15) is 0 Å². The molecule has 1 aliphatic heterocycles. The molecule has 1 heterocycles. The molecule has 0 bridgehead atoms. The first-order chi connectivity index (χ1) is 7.20. The number of hydrogen-bond donors (Lipinski definition) is 1. The molecular weight excluding hydrogens is 210 g/mol. The first-order valence-electron chi connectivity index (χ1n) is 4.82. The lowest BCUT2D eigenvalue weighted by atomic mass is 10.2. The van der Waals surface area contributed by atoms with Gasteiger partial charge in [-0.25, -0.2) is 4.79 Å². The van der Waals surface area contributed by atoms with Crippen molar-refractivity contribution in [1.82, 2.24) is 0 Å². The van der Waals surface area contributed by atoms with Crippen LogP contribution in [0.15, 0.2) is 23.1 Å². The van der Waals surface area contributed by atoms with E-state index in [9.17, 15) is 4.79 Å².